The van der Waals surface area contributed by atoms with Crippen LogP contribution in [0.3, 0.4) is 0 Å². The molecule has 0 aromatic heterocycles. The summed E-state index contributed by atoms with van der Waals surface area (Å²) in [7, 11) is 4.82. The zero-order valence-electron chi connectivity index (χ0n) is 35.9. The van der Waals surface area contributed by atoms with Crippen molar-refractivity contribution in [3.05, 3.63) is 24.3 Å². The lowest BCUT2D eigenvalue weighted by molar-refractivity contribution is -0.344. The average Bonchev–Trinajstić information content (AvgIpc) is 3.09. The molecule has 0 saturated carbocycles. The second-order valence-electron chi connectivity index (χ2n) is 16.8. The highest BCUT2D eigenvalue weighted by atomic mass is 16.7. The van der Waals surface area contributed by atoms with Gasteiger partial charge in [0.2, 0.25) is 0 Å². The molecule has 16 nitrogen and oxygen atoms in total. The van der Waals surface area contributed by atoms with Crippen molar-refractivity contribution in [2.24, 2.45) is 17.8 Å². The molecular weight excluding hydrogens is 758 g/mol. The Morgan fingerprint density at radius 3 is 2.29 bits per heavy atom. The van der Waals surface area contributed by atoms with Crippen LogP contribution in [0.2, 0.25) is 0 Å². The van der Waals surface area contributed by atoms with Crippen molar-refractivity contribution in [2.45, 2.75) is 173 Å². The van der Waals surface area contributed by atoms with E-state index in [1.54, 1.807) is 71.8 Å². The van der Waals surface area contributed by atoms with Gasteiger partial charge in [-0.1, -0.05) is 39.0 Å². The molecular formula is C42H67NO15. The Labute approximate surface area is 342 Å². The van der Waals surface area contributed by atoms with Crippen LogP contribution in [0.4, 0.5) is 0 Å². The maximum Gasteiger partial charge on any atom is 0.309 e. The fourth-order valence-corrected chi connectivity index (χ4v) is 7.98. The van der Waals surface area contributed by atoms with Crippen LogP contribution in [0.15, 0.2) is 24.3 Å². The number of ketones is 1. The number of ether oxygens (including phenoxy) is 8. The molecule has 2 N–H and O–H groups in total. The van der Waals surface area contributed by atoms with E-state index in [0.29, 0.717) is 12.7 Å². The Hall–Kier alpha value is -3.09. The SMILES string of the molecule is CO[C@@H]1[C@@H](O[C@@H]2O[C@H](C)[C@@H](O[C@H]3C[C@@](C)(O)[C@@H](OC(=O)CC(C)C)[C@H](C)O3)[C@@H](N(C)C)[C@H]2O)[C@@H](CC=O)C[C@@H](C)C(=O)C=CC=CC[C@@H](C)OC(=O)C[C@H]1OC(C)=O. The lowest BCUT2D eigenvalue weighted by Crippen LogP contribution is -2.66. The molecule has 0 aromatic rings. The first-order chi connectivity index (χ1) is 27.2. The van der Waals surface area contributed by atoms with Crippen molar-refractivity contribution < 1.29 is 72.1 Å². The number of esters is 3. The van der Waals surface area contributed by atoms with E-state index in [2.05, 4.69) is 0 Å². The fourth-order valence-electron chi connectivity index (χ4n) is 7.98. The van der Waals surface area contributed by atoms with Gasteiger partial charge >= 0.3 is 17.9 Å². The average molecular weight is 826 g/mol. The number of carbonyl (C=O) groups excluding carboxylic acids is 5. The van der Waals surface area contributed by atoms with Crippen LogP contribution in [-0.2, 0) is 61.9 Å². The molecule has 0 amide bonds. The normalized spacial score (nSPS) is 38.3. The van der Waals surface area contributed by atoms with Crippen molar-refractivity contribution in [2.75, 3.05) is 21.2 Å². The lowest BCUT2D eigenvalue weighted by Gasteiger charge is -2.50. The standard InChI is InChI=1S/C42H67NO15/c1-23(2)19-32(47)56-40-27(6)53-34(22-42(40,8)50)57-37-26(5)54-41(36(49)35(37)43(9)10)58-38-29(17-18-44)20-24(3)30(46)16-14-12-13-15-25(4)52-33(48)21-31(39(38)51-11)55-28(7)45/h12-14,16,18,23-27,29,31,34-41,49-50H,15,17,19-22H2,1-11H3/t24-,25-,26-,27+,29+,31-,34+,35+,36-,37-,38+,39+,40+,41+,42-/m1/s1. The summed E-state index contributed by atoms with van der Waals surface area (Å²) in [6.45, 7) is 13.4. The Bertz CT molecular complexity index is 1430. The molecule has 0 spiro atoms. The number of hydrogen-bond acceptors (Lipinski definition) is 16. The van der Waals surface area contributed by atoms with Crippen LogP contribution in [0.5, 0.6) is 0 Å². The number of aliphatic hydroxyl groups excluding tert-OH is 1. The molecule has 330 valence electrons. The topological polar surface area (TPSA) is 203 Å². The van der Waals surface area contributed by atoms with E-state index in [9.17, 15) is 34.2 Å². The monoisotopic (exact) mass is 825 g/mol. The molecule has 0 radical (unpaired) electrons. The predicted molar refractivity (Wildman–Crippen MR) is 209 cm³/mol. The highest BCUT2D eigenvalue weighted by Crippen LogP contribution is 2.37. The van der Waals surface area contributed by atoms with Crippen molar-refractivity contribution in [1.82, 2.24) is 4.90 Å². The number of hydrogen-bond donors (Lipinski definition) is 2. The number of aliphatic hydroxyl groups is 2. The van der Waals surface area contributed by atoms with Gasteiger partial charge in [0.25, 0.3) is 0 Å². The molecule has 2 saturated heterocycles. The zero-order chi connectivity index (χ0) is 43.5. The van der Waals surface area contributed by atoms with Gasteiger partial charge in [-0.3, -0.25) is 19.2 Å². The predicted octanol–water partition coefficient (Wildman–Crippen LogP) is 3.22. The van der Waals surface area contributed by atoms with Gasteiger partial charge in [0.05, 0.1) is 30.8 Å². The fraction of sp³-hybridized carbons (Fsp3) is 0.786. The van der Waals surface area contributed by atoms with E-state index in [1.165, 1.54) is 20.1 Å². The van der Waals surface area contributed by atoms with Crippen molar-refractivity contribution in [3.63, 3.8) is 0 Å². The molecule has 0 unspecified atom stereocenters. The van der Waals surface area contributed by atoms with Crippen LogP contribution in [0.1, 0.15) is 93.9 Å². The minimum atomic E-state index is -1.51. The second-order valence-corrected chi connectivity index (χ2v) is 16.8. The molecule has 0 aromatic carbocycles. The van der Waals surface area contributed by atoms with E-state index in [0.717, 1.165) is 0 Å². The Kier molecular flexibility index (Phi) is 19.1. The smallest absolute Gasteiger partial charge is 0.309 e. The van der Waals surface area contributed by atoms with Crippen LogP contribution in [-0.4, -0.2) is 145 Å². The minimum absolute atomic E-state index is 0.0531. The van der Waals surface area contributed by atoms with Gasteiger partial charge in [0.15, 0.2) is 24.5 Å². The quantitative estimate of drug-likeness (QED) is 0.165. The van der Waals surface area contributed by atoms with Crippen molar-refractivity contribution in [1.29, 1.82) is 0 Å². The van der Waals surface area contributed by atoms with Gasteiger partial charge in [-0.2, -0.15) is 0 Å². The van der Waals surface area contributed by atoms with E-state index >= 15 is 0 Å². The summed E-state index contributed by atoms with van der Waals surface area (Å²) in [5, 5.41) is 23.5. The third-order valence-corrected chi connectivity index (χ3v) is 10.8. The highest BCUT2D eigenvalue weighted by molar-refractivity contribution is 5.91. The number of allylic oxidation sites excluding steroid dienone is 3. The third kappa shape index (κ3) is 14.0. The summed E-state index contributed by atoms with van der Waals surface area (Å²) in [6.07, 6.45) is -4.02. The van der Waals surface area contributed by atoms with Crippen molar-refractivity contribution >= 4 is 30.0 Å². The maximum atomic E-state index is 13.2. The summed E-state index contributed by atoms with van der Waals surface area (Å²) in [4.78, 5) is 65.4. The molecule has 16 heteroatoms. The van der Waals surface area contributed by atoms with Gasteiger partial charge in [-0.05, 0) is 66.1 Å². The van der Waals surface area contributed by atoms with Crippen molar-refractivity contribution in [3.8, 4) is 0 Å². The molecule has 3 aliphatic heterocycles. The molecule has 15 atom stereocenters. The van der Waals surface area contributed by atoms with Crippen LogP contribution >= 0.6 is 0 Å². The third-order valence-electron chi connectivity index (χ3n) is 10.8. The van der Waals surface area contributed by atoms with Gasteiger partial charge in [-0.15, -0.1) is 0 Å². The van der Waals surface area contributed by atoms with Gasteiger partial charge in [-0.25, -0.2) is 0 Å². The Balaban J connectivity index is 1.98. The Morgan fingerprint density at radius 1 is 1.02 bits per heavy atom. The molecule has 2 fully saturated rings. The van der Waals surface area contributed by atoms with E-state index < -0.39 is 115 Å². The van der Waals surface area contributed by atoms with E-state index in [1.807, 2.05) is 13.8 Å². The molecule has 0 aliphatic carbocycles. The second kappa shape index (κ2) is 22.5. The minimum Gasteiger partial charge on any atom is -0.462 e. The number of methoxy groups -OCH3 is 1. The van der Waals surface area contributed by atoms with E-state index in [4.69, 9.17) is 37.9 Å². The summed E-state index contributed by atoms with van der Waals surface area (Å²) < 4.78 is 48.4. The first-order valence-electron chi connectivity index (χ1n) is 20.3. The number of likely N-dealkylation sites (N-methyl/N-ethyl adjacent to an activating group) is 1. The number of nitrogens with zero attached hydrogens (tertiary/aromatic N) is 1. The molecule has 3 rings (SSSR count). The van der Waals surface area contributed by atoms with Crippen LogP contribution in [0, 0.1) is 17.8 Å². The molecule has 3 aliphatic rings. The number of cyclic esters (lactones) is 1. The maximum absolute atomic E-state index is 13.2. The van der Waals surface area contributed by atoms with Crippen LogP contribution < -0.4 is 0 Å². The van der Waals surface area contributed by atoms with E-state index in [-0.39, 0.29) is 37.4 Å². The first-order valence-corrected chi connectivity index (χ1v) is 20.3. The summed E-state index contributed by atoms with van der Waals surface area (Å²) in [6, 6.07) is -0.796. The largest absolute Gasteiger partial charge is 0.462 e. The molecule has 3 heterocycles. The summed E-state index contributed by atoms with van der Waals surface area (Å²) in [5.74, 6) is -3.31. The van der Waals surface area contributed by atoms with Crippen LogP contribution in [0.25, 0.3) is 0 Å². The molecule has 58 heavy (non-hydrogen) atoms. The lowest BCUT2D eigenvalue weighted by atomic mass is 9.83. The Morgan fingerprint density at radius 2 is 1.71 bits per heavy atom. The number of aldehydes is 1. The zero-order valence-corrected chi connectivity index (χ0v) is 35.9. The summed E-state index contributed by atoms with van der Waals surface area (Å²) in [5.41, 5.74) is -1.51. The van der Waals surface area contributed by atoms with Gasteiger partial charge in [0.1, 0.15) is 42.4 Å². The number of carbonyl (C=O) groups is 5. The highest BCUT2D eigenvalue weighted by Gasteiger charge is 2.53. The van der Waals surface area contributed by atoms with Gasteiger partial charge < -0.3 is 57.8 Å². The van der Waals surface area contributed by atoms with Gasteiger partial charge in [0, 0.05) is 45.6 Å². The summed E-state index contributed by atoms with van der Waals surface area (Å²) >= 11 is 0. The molecule has 0 bridgehead atoms. The number of rotatable bonds is 12. The first kappa shape index (κ1) is 49.3.